The monoisotopic (exact) mass is 410 g/mol. The van der Waals surface area contributed by atoms with E-state index >= 15 is 0 Å². The molecule has 0 N–H and O–H groups in total. The van der Waals surface area contributed by atoms with E-state index in [0.717, 1.165) is 15.8 Å². The Bertz CT molecular complexity index is 678. The summed E-state index contributed by atoms with van der Waals surface area (Å²) >= 11 is 3.41. The molecule has 1 fully saturated rings. The van der Waals surface area contributed by atoms with Crippen LogP contribution in [0.3, 0.4) is 0 Å². The number of hydrogen-bond acceptors (Lipinski definition) is 4. The van der Waals surface area contributed by atoms with Crippen molar-refractivity contribution in [3.8, 4) is 5.75 Å². The second kappa shape index (κ2) is 6.86. The van der Waals surface area contributed by atoms with Crippen LogP contribution in [0.5, 0.6) is 5.75 Å². The number of piperazine rings is 1. The highest BCUT2D eigenvalue weighted by molar-refractivity contribution is 9.10. The molecule has 0 aromatic heterocycles. The van der Waals surface area contributed by atoms with Gasteiger partial charge in [-0.3, -0.25) is 4.79 Å². The standard InChI is InChI=1S/C18H23BrN2O4/c1-18(2,3)25-17(23)21-8-6-20(7-9-21)16(22)14-11-24-15-10-12(19)4-5-13(14)15/h4-5,10,14H,6-9,11H2,1-3H3. The van der Waals surface area contributed by atoms with E-state index < -0.39 is 5.60 Å². The van der Waals surface area contributed by atoms with Gasteiger partial charge in [-0.2, -0.15) is 0 Å². The Morgan fingerprint density at radius 2 is 1.80 bits per heavy atom. The molecule has 7 heteroatoms. The van der Waals surface area contributed by atoms with Crippen molar-refractivity contribution in [1.29, 1.82) is 0 Å². The van der Waals surface area contributed by atoms with E-state index in [2.05, 4.69) is 15.9 Å². The fraction of sp³-hybridized carbons (Fsp3) is 0.556. The predicted octanol–water partition coefficient (Wildman–Crippen LogP) is 3.00. The molecule has 1 aromatic rings. The fourth-order valence-electron chi connectivity index (χ4n) is 3.04. The lowest BCUT2D eigenvalue weighted by Gasteiger charge is -2.36. The van der Waals surface area contributed by atoms with Crippen LogP contribution in [0.2, 0.25) is 0 Å². The van der Waals surface area contributed by atoms with Gasteiger partial charge in [-0.05, 0) is 32.9 Å². The van der Waals surface area contributed by atoms with Gasteiger partial charge in [0, 0.05) is 36.2 Å². The summed E-state index contributed by atoms with van der Waals surface area (Å²) in [6.07, 6.45) is -0.320. The van der Waals surface area contributed by atoms with E-state index in [4.69, 9.17) is 9.47 Å². The summed E-state index contributed by atoms with van der Waals surface area (Å²) in [5.74, 6) is 0.557. The van der Waals surface area contributed by atoms with Gasteiger partial charge in [0.2, 0.25) is 5.91 Å². The van der Waals surface area contributed by atoms with Crippen LogP contribution in [0.25, 0.3) is 0 Å². The van der Waals surface area contributed by atoms with Crippen LogP contribution in [0.4, 0.5) is 4.79 Å². The summed E-state index contributed by atoms with van der Waals surface area (Å²) in [4.78, 5) is 28.4. The van der Waals surface area contributed by atoms with Gasteiger partial charge in [-0.1, -0.05) is 22.0 Å². The van der Waals surface area contributed by atoms with Crippen LogP contribution in [0, 0.1) is 0 Å². The number of amides is 2. The van der Waals surface area contributed by atoms with E-state index in [1.165, 1.54) is 0 Å². The van der Waals surface area contributed by atoms with Gasteiger partial charge in [0.05, 0.1) is 0 Å². The second-order valence-corrected chi connectivity index (χ2v) is 8.25. The van der Waals surface area contributed by atoms with E-state index in [1.54, 1.807) is 4.90 Å². The highest BCUT2D eigenvalue weighted by atomic mass is 79.9. The molecule has 1 atom stereocenters. The molecule has 2 amide bonds. The van der Waals surface area contributed by atoms with Crippen LogP contribution < -0.4 is 4.74 Å². The fourth-order valence-corrected chi connectivity index (χ4v) is 3.38. The van der Waals surface area contributed by atoms with Gasteiger partial charge < -0.3 is 19.3 Å². The Balaban J connectivity index is 1.59. The molecule has 0 saturated carbocycles. The number of benzene rings is 1. The molecular formula is C18H23BrN2O4. The maximum atomic E-state index is 12.9. The van der Waals surface area contributed by atoms with Crippen LogP contribution in [0.15, 0.2) is 22.7 Å². The summed E-state index contributed by atoms with van der Waals surface area (Å²) in [5, 5.41) is 0. The first-order valence-corrected chi connectivity index (χ1v) is 9.23. The Morgan fingerprint density at radius 3 is 2.44 bits per heavy atom. The van der Waals surface area contributed by atoms with Gasteiger partial charge in [-0.15, -0.1) is 0 Å². The zero-order chi connectivity index (χ0) is 18.2. The highest BCUT2D eigenvalue weighted by Gasteiger charge is 2.35. The van der Waals surface area contributed by atoms with Crippen molar-refractivity contribution in [2.75, 3.05) is 32.8 Å². The summed E-state index contributed by atoms with van der Waals surface area (Å²) in [7, 11) is 0. The van der Waals surface area contributed by atoms with Crippen molar-refractivity contribution in [2.24, 2.45) is 0 Å². The summed E-state index contributed by atoms with van der Waals surface area (Å²) in [5.41, 5.74) is 0.422. The molecule has 6 nitrogen and oxygen atoms in total. The van der Waals surface area contributed by atoms with Gasteiger partial charge in [0.1, 0.15) is 23.9 Å². The van der Waals surface area contributed by atoms with Gasteiger partial charge in [-0.25, -0.2) is 4.79 Å². The number of carbonyl (C=O) groups excluding carboxylic acids is 2. The number of halogens is 1. The quantitative estimate of drug-likeness (QED) is 0.713. The molecule has 1 aromatic carbocycles. The third kappa shape index (κ3) is 4.08. The average Bonchev–Trinajstić information content (AvgIpc) is 2.95. The molecule has 2 aliphatic heterocycles. The van der Waals surface area contributed by atoms with Crippen LogP contribution >= 0.6 is 15.9 Å². The number of rotatable bonds is 1. The SMILES string of the molecule is CC(C)(C)OC(=O)N1CCN(C(=O)C2COc3cc(Br)ccc32)CC1. The minimum Gasteiger partial charge on any atom is -0.492 e. The maximum Gasteiger partial charge on any atom is 0.410 e. The maximum absolute atomic E-state index is 12.9. The third-order valence-electron chi connectivity index (χ3n) is 4.30. The first-order chi connectivity index (χ1) is 11.7. The highest BCUT2D eigenvalue weighted by Crippen LogP contribution is 2.37. The molecule has 3 rings (SSSR count). The van der Waals surface area contributed by atoms with Crippen LogP contribution in [-0.4, -0.2) is 60.2 Å². The van der Waals surface area contributed by atoms with Crippen molar-refractivity contribution in [3.63, 3.8) is 0 Å². The zero-order valence-corrected chi connectivity index (χ0v) is 16.3. The molecule has 25 heavy (non-hydrogen) atoms. The van der Waals surface area contributed by atoms with Gasteiger partial charge >= 0.3 is 6.09 Å². The topological polar surface area (TPSA) is 59.1 Å². The molecule has 0 radical (unpaired) electrons. The zero-order valence-electron chi connectivity index (χ0n) is 14.8. The Hall–Kier alpha value is -1.76. The number of ether oxygens (including phenoxy) is 2. The summed E-state index contributed by atoms with van der Waals surface area (Å²) in [6.45, 7) is 7.92. The molecule has 1 saturated heterocycles. The molecule has 0 aliphatic carbocycles. The molecule has 1 unspecified atom stereocenters. The van der Waals surface area contributed by atoms with Gasteiger partial charge in [0.25, 0.3) is 0 Å². The molecule has 2 heterocycles. The molecule has 0 bridgehead atoms. The van der Waals surface area contributed by atoms with Gasteiger partial charge in [0.15, 0.2) is 0 Å². The lowest BCUT2D eigenvalue weighted by molar-refractivity contribution is -0.134. The van der Waals surface area contributed by atoms with Crippen LogP contribution in [0.1, 0.15) is 32.3 Å². The lowest BCUT2D eigenvalue weighted by atomic mass is 9.99. The van der Waals surface area contributed by atoms with Crippen molar-refractivity contribution < 1.29 is 19.1 Å². The van der Waals surface area contributed by atoms with Crippen molar-refractivity contribution >= 4 is 27.9 Å². The lowest BCUT2D eigenvalue weighted by Crippen LogP contribution is -2.52. The third-order valence-corrected chi connectivity index (χ3v) is 4.79. The first kappa shape index (κ1) is 18.0. The van der Waals surface area contributed by atoms with E-state index in [1.807, 2.05) is 43.9 Å². The normalized spacial score (nSPS) is 20.1. The Kier molecular flexibility index (Phi) is 4.95. The average molecular weight is 411 g/mol. The minimum absolute atomic E-state index is 0.0601. The Labute approximate surface area is 156 Å². The summed E-state index contributed by atoms with van der Waals surface area (Å²) in [6, 6.07) is 5.75. The first-order valence-electron chi connectivity index (χ1n) is 8.43. The van der Waals surface area contributed by atoms with Crippen molar-refractivity contribution in [1.82, 2.24) is 9.80 Å². The van der Waals surface area contributed by atoms with Crippen LogP contribution in [-0.2, 0) is 9.53 Å². The Morgan fingerprint density at radius 1 is 1.16 bits per heavy atom. The smallest absolute Gasteiger partial charge is 0.410 e. The van der Waals surface area contributed by atoms with E-state index in [-0.39, 0.29) is 17.9 Å². The second-order valence-electron chi connectivity index (χ2n) is 7.34. The van der Waals surface area contributed by atoms with Crippen molar-refractivity contribution in [2.45, 2.75) is 32.3 Å². The van der Waals surface area contributed by atoms with E-state index in [0.29, 0.717) is 32.8 Å². The molecular weight excluding hydrogens is 388 g/mol. The summed E-state index contributed by atoms with van der Waals surface area (Å²) < 4.78 is 12.0. The largest absolute Gasteiger partial charge is 0.492 e. The number of fused-ring (bicyclic) bond motifs is 1. The molecule has 0 spiro atoms. The van der Waals surface area contributed by atoms with E-state index in [9.17, 15) is 9.59 Å². The number of carbonyl (C=O) groups is 2. The number of nitrogens with zero attached hydrogens (tertiary/aromatic N) is 2. The number of hydrogen-bond donors (Lipinski definition) is 0. The molecule has 2 aliphatic rings. The predicted molar refractivity (Wildman–Crippen MR) is 96.8 cm³/mol. The molecule has 136 valence electrons. The van der Waals surface area contributed by atoms with Crippen molar-refractivity contribution in [3.05, 3.63) is 28.2 Å². The minimum atomic E-state index is -0.511.